The smallest absolute Gasteiger partial charge is 0.341 e. The van der Waals surface area contributed by atoms with E-state index in [1.165, 1.54) is 14.2 Å². The largest absolute Gasteiger partial charge is 0.496 e. The van der Waals surface area contributed by atoms with Crippen molar-refractivity contribution in [2.45, 2.75) is 13.1 Å². The Kier molecular flexibility index (Phi) is 7.46. The van der Waals surface area contributed by atoms with Crippen LogP contribution in [0.15, 0.2) is 42.5 Å². The molecule has 31 heavy (non-hydrogen) atoms. The molecule has 0 radical (unpaired) electrons. The lowest BCUT2D eigenvalue weighted by molar-refractivity contribution is 0.0597. The van der Waals surface area contributed by atoms with Crippen LogP contribution in [-0.2, 0) is 17.8 Å². The Morgan fingerprint density at radius 3 is 2.32 bits per heavy atom. The molecule has 8 nitrogen and oxygen atoms in total. The second kappa shape index (κ2) is 10.5. The van der Waals surface area contributed by atoms with Crippen molar-refractivity contribution in [1.82, 2.24) is 15.1 Å². The van der Waals surface area contributed by atoms with Crippen LogP contribution in [0.3, 0.4) is 0 Å². The van der Waals surface area contributed by atoms with Crippen LogP contribution in [0.5, 0.6) is 5.75 Å². The first-order chi connectivity index (χ1) is 15.0. The van der Waals surface area contributed by atoms with E-state index in [2.05, 4.69) is 16.3 Å². The van der Waals surface area contributed by atoms with Gasteiger partial charge in [-0.3, -0.25) is 4.90 Å². The Balaban J connectivity index is 1.49. The number of esters is 1. The van der Waals surface area contributed by atoms with E-state index in [1.807, 2.05) is 24.3 Å². The number of ether oxygens (including phenoxy) is 2. The molecule has 0 aromatic heterocycles. The number of rotatable bonds is 6. The van der Waals surface area contributed by atoms with Crippen LogP contribution in [0.2, 0.25) is 0 Å². The Bertz CT molecular complexity index is 961. The first-order valence-corrected chi connectivity index (χ1v) is 10.0. The third-order valence-corrected chi connectivity index (χ3v) is 5.26. The molecule has 0 bridgehead atoms. The summed E-state index contributed by atoms with van der Waals surface area (Å²) in [5.74, 6) is -0.0521. The summed E-state index contributed by atoms with van der Waals surface area (Å²) < 4.78 is 9.98. The molecule has 2 amide bonds. The Hall–Kier alpha value is -3.57. The zero-order valence-electron chi connectivity index (χ0n) is 17.8. The molecule has 1 fully saturated rings. The minimum Gasteiger partial charge on any atom is -0.496 e. The molecule has 1 N–H and O–H groups in total. The molecule has 0 atom stereocenters. The number of piperazine rings is 1. The summed E-state index contributed by atoms with van der Waals surface area (Å²) >= 11 is 0. The van der Waals surface area contributed by atoms with Gasteiger partial charge >= 0.3 is 12.0 Å². The number of amides is 2. The standard InChI is InChI=1S/C23H26N4O4/c1-30-21-8-7-19(13-20(21)22(28)31-2)15-25-23(29)27-11-9-26(10-12-27)16-18-5-3-17(14-24)4-6-18/h3-8,13H,9-12,15-16H2,1-2H3,(H,25,29). The molecule has 2 aromatic carbocycles. The van der Waals surface area contributed by atoms with E-state index in [-0.39, 0.29) is 6.03 Å². The summed E-state index contributed by atoms with van der Waals surface area (Å²) in [6, 6.07) is 14.7. The van der Waals surface area contributed by atoms with Gasteiger partial charge < -0.3 is 19.7 Å². The molecule has 3 rings (SSSR count). The summed E-state index contributed by atoms with van der Waals surface area (Å²) in [4.78, 5) is 28.5. The molecule has 0 spiro atoms. The fourth-order valence-electron chi connectivity index (χ4n) is 3.48. The molecular formula is C23H26N4O4. The van der Waals surface area contributed by atoms with Gasteiger partial charge in [0.2, 0.25) is 0 Å². The molecule has 162 valence electrons. The highest BCUT2D eigenvalue weighted by atomic mass is 16.5. The van der Waals surface area contributed by atoms with Gasteiger partial charge in [-0.2, -0.15) is 5.26 Å². The molecule has 1 aliphatic heterocycles. The maximum Gasteiger partial charge on any atom is 0.341 e. The zero-order valence-corrected chi connectivity index (χ0v) is 17.8. The van der Waals surface area contributed by atoms with Crippen LogP contribution in [0.25, 0.3) is 0 Å². The minimum absolute atomic E-state index is 0.131. The lowest BCUT2D eigenvalue weighted by Gasteiger charge is -2.34. The van der Waals surface area contributed by atoms with Crippen LogP contribution < -0.4 is 10.1 Å². The number of urea groups is 1. The minimum atomic E-state index is -0.483. The Morgan fingerprint density at radius 1 is 1.03 bits per heavy atom. The molecule has 1 heterocycles. The van der Waals surface area contributed by atoms with Gasteiger partial charge in [0, 0.05) is 39.3 Å². The van der Waals surface area contributed by atoms with Gasteiger partial charge in [-0.1, -0.05) is 18.2 Å². The molecule has 1 saturated heterocycles. The van der Waals surface area contributed by atoms with Crippen molar-refractivity contribution in [1.29, 1.82) is 5.26 Å². The fourth-order valence-corrected chi connectivity index (χ4v) is 3.48. The number of nitriles is 1. The Labute approximate surface area is 182 Å². The second-order valence-corrected chi connectivity index (χ2v) is 7.26. The van der Waals surface area contributed by atoms with Gasteiger partial charge in [-0.05, 0) is 35.4 Å². The zero-order chi connectivity index (χ0) is 22.2. The van der Waals surface area contributed by atoms with Gasteiger partial charge in [0.25, 0.3) is 0 Å². The summed E-state index contributed by atoms with van der Waals surface area (Å²) in [6.45, 7) is 3.93. The van der Waals surface area contributed by atoms with E-state index >= 15 is 0 Å². The average molecular weight is 422 g/mol. The Morgan fingerprint density at radius 2 is 1.71 bits per heavy atom. The van der Waals surface area contributed by atoms with E-state index in [1.54, 1.807) is 23.1 Å². The lowest BCUT2D eigenvalue weighted by atomic mass is 10.1. The summed E-state index contributed by atoms with van der Waals surface area (Å²) in [5, 5.41) is 11.8. The number of nitrogens with one attached hydrogen (secondary N) is 1. The number of nitrogens with zero attached hydrogens (tertiary/aromatic N) is 3. The van der Waals surface area contributed by atoms with Crippen molar-refractivity contribution in [2.75, 3.05) is 40.4 Å². The predicted octanol–water partition coefficient (Wildman–Crippen LogP) is 2.38. The number of hydrogen-bond donors (Lipinski definition) is 1. The molecule has 0 saturated carbocycles. The van der Waals surface area contributed by atoms with E-state index in [4.69, 9.17) is 14.7 Å². The van der Waals surface area contributed by atoms with E-state index in [9.17, 15) is 9.59 Å². The quantitative estimate of drug-likeness (QED) is 0.719. The highest BCUT2D eigenvalue weighted by Crippen LogP contribution is 2.21. The van der Waals surface area contributed by atoms with Gasteiger partial charge in [0.05, 0.1) is 25.9 Å². The van der Waals surface area contributed by atoms with Crippen molar-refractivity contribution in [3.05, 3.63) is 64.7 Å². The first-order valence-electron chi connectivity index (χ1n) is 10.0. The second-order valence-electron chi connectivity index (χ2n) is 7.26. The van der Waals surface area contributed by atoms with Crippen LogP contribution in [0.4, 0.5) is 4.79 Å². The maximum absolute atomic E-state index is 12.6. The average Bonchev–Trinajstić information content (AvgIpc) is 2.82. The number of carbonyl (C=O) groups excluding carboxylic acids is 2. The monoisotopic (exact) mass is 422 g/mol. The number of hydrogen-bond acceptors (Lipinski definition) is 6. The van der Waals surface area contributed by atoms with Crippen molar-refractivity contribution in [2.24, 2.45) is 0 Å². The van der Waals surface area contributed by atoms with Crippen molar-refractivity contribution in [3.8, 4) is 11.8 Å². The molecule has 8 heteroatoms. The number of benzene rings is 2. The van der Waals surface area contributed by atoms with Gasteiger partial charge in [-0.25, -0.2) is 9.59 Å². The van der Waals surface area contributed by atoms with E-state index in [0.717, 1.165) is 30.8 Å². The van der Waals surface area contributed by atoms with Crippen molar-refractivity contribution in [3.63, 3.8) is 0 Å². The summed E-state index contributed by atoms with van der Waals surface area (Å²) in [7, 11) is 2.81. The molecule has 0 aliphatic carbocycles. The summed E-state index contributed by atoms with van der Waals surface area (Å²) in [6.07, 6.45) is 0. The predicted molar refractivity (Wildman–Crippen MR) is 115 cm³/mol. The molecular weight excluding hydrogens is 396 g/mol. The van der Waals surface area contributed by atoms with Crippen molar-refractivity contribution >= 4 is 12.0 Å². The molecule has 2 aromatic rings. The third kappa shape index (κ3) is 5.74. The summed E-state index contributed by atoms with van der Waals surface area (Å²) in [5.41, 5.74) is 2.92. The van der Waals surface area contributed by atoms with E-state index in [0.29, 0.717) is 36.5 Å². The van der Waals surface area contributed by atoms with Crippen LogP contribution in [0, 0.1) is 11.3 Å². The van der Waals surface area contributed by atoms with Gasteiger partial charge in [0.1, 0.15) is 11.3 Å². The maximum atomic E-state index is 12.6. The van der Waals surface area contributed by atoms with Crippen molar-refractivity contribution < 1.29 is 19.1 Å². The lowest BCUT2D eigenvalue weighted by Crippen LogP contribution is -2.51. The topological polar surface area (TPSA) is 94.9 Å². The number of carbonyl (C=O) groups is 2. The van der Waals surface area contributed by atoms with Crippen LogP contribution in [-0.4, -0.2) is 62.2 Å². The van der Waals surface area contributed by atoms with Gasteiger partial charge in [0.15, 0.2) is 0 Å². The SMILES string of the molecule is COC(=O)c1cc(CNC(=O)N2CCN(Cc3ccc(C#N)cc3)CC2)ccc1OC. The van der Waals surface area contributed by atoms with E-state index < -0.39 is 5.97 Å². The number of methoxy groups -OCH3 is 2. The third-order valence-electron chi connectivity index (χ3n) is 5.26. The first kappa shape index (κ1) is 22.1. The highest BCUT2D eigenvalue weighted by molar-refractivity contribution is 5.92. The normalized spacial score (nSPS) is 13.9. The van der Waals surface area contributed by atoms with Crippen LogP contribution in [0.1, 0.15) is 27.0 Å². The van der Waals surface area contributed by atoms with Gasteiger partial charge in [-0.15, -0.1) is 0 Å². The molecule has 1 aliphatic rings. The molecule has 0 unspecified atom stereocenters. The van der Waals surface area contributed by atoms with Crippen LogP contribution >= 0.6 is 0 Å². The highest BCUT2D eigenvalue weighted by Gasteiger charge is 2.21. The fraction of sp³-hybridized carbons (Fsp3) is 0.348.